The van der Waals surface area contributed by atoms with Crippen molar-refractivity contribution in [3.05, 3.63) is 36.5 Å². The Kier molecular flexibility index (Phi) is 8.25. The molecule has 0 rings (SSSR count). The highest BCUT2D eigenvalue weighted by atomic mass is 16.5. The number of ketones is 1. The standard InChI is InChI=1S/C15H23NO3/c1-6-9-10-12(7-2)11-13(14(17)8-3)16(4)15(18)19-5/h6-7,9-10,13H,2,8,11H2,1,3-5H3/b9-6-,12-10+/t13-/m0/s1. The number of Topliss-reactive ketones (excluding diaryl/α,β-unsaturated/α-hetero) is 1. The van der Waals surface area contributed by atoms with Crippen LogP contribution in [0.4, 0.5) is 4.79 Å². The van der Waals surface area contributed by atoms with Gasteiger partial charge >= 0.3 is 6.09 Å². The predicted molar refractivity (Wildman–Crippen MR) is 77.0 cm³/mol. The maximum absolute atomic E-state index is 12.0. The van der Waals surface area contributed by atoms with E-state index < -0.39 is 12.1 Å². The molecule has 4 heteroatoms. The first-order valence-electron chi connectivity index (χ1n) is 6.29. The second-order valence-corrected chi connectivity index (χ2v) is 4.09. The molecule has 0 aliphatic rings. The van der Waals surface area contributed by atoms with Crippen molar-refractivity contribution >= 4 is 11.9 Å². The third-order valence-corrected chi connectivity index (χ3v) is 2.84. The largest absolute Gasteiger partial charge is 0.453 e. The summed E-state index contributed by atoms with van der Waals surface area (Å²) in [4.78, 5) is 24.9. The molecular formula is C15H23NO3. The summed E-state index contributed by atoms with van der Waals surface area (Å²) in [6.07, 6.45) is 7.65. The summed E-state index contributed by atoms with van der Waals surface area (Å²) >= 11 is 0. The smallest absolute Gasteiger partial charge is 0.409 e. The summed E-state index contributed by atoms with van der Waals surface area (Å²) < 4.78 is 4.66. The van der Waals surface area contributed by atoms with Crippen LogP contribution in [0.2, 0.25) is 0 Å². The van der Waals surface area contributed by atoms with Gasteiger partial charge in [0.15, 0.2) is 5.78 Å². The monoisotopic (exact) mass is 265 g/mol. The van der Waals surface area contributed by atoms with Crippen molar-refractivity contribution in [1.82, 2.24) is 4.90 Å². The third-order valence-electron chi connectivity index (χ3n) is 2.84. The lowest BCUT2D eigenvalue weighted by Gasteiger charge is -2.26. The Balaban J connectivity index is 5.11. The van der Waals surface area contributed by atoms with Crippen LogP contribution in [0.3, 0.4) is 0 Å². The number of nitrogens with zero attached hydrogens (tertiary/aromatic N) is 1. The van der Waals surface area contributed by atoms with Crippen LogP contribution in [0, 0.1) is 0 Å². The molecule has 0 aromatic heterocycles. The zero-order chi connectivity index (χ0) is 14.8. The Bertz CT molecular complexity index is 383. The molecule has 0 aliphatic heterocycles. The van der Waals surface area contributed by atoms with Crippen LogP contribution in [0.15, 0.2) is 36.5 Å². The van der Waals surface area contributed by atoms with Gasteiger partial charge in [-0.25, -0.2) is 4.79 Å². The van der Waals surface area contributed by atoms with Gasteiger partial charge in [-0.1, -0.05) is 37.8 Å². The van der Waals surface area contributed by atoms with E-state index in [-0.39, 0.29) is 5.78 Å². The molecule has 19 heavy (non-hydrogen) atoms. The fraction of sp³-hybridized carbons (Fsp3) is 0.467. The Labute approximate surface area is 115 Å². The molecule has 0 aliphatic carbocycles. The number of allylic oxidation sites excluding steroid dienone is 4. The second-order valence-electron chi connectivity index (χ2n) is 4.09. The summed E-state index contributed by atoms with van der Waals surface area (Å²) in [7, 11) is 2.87. The highest BCUT2D eigenvalue weighted by Gasteiger charge is 2.26. The molecule has 0 heterocycles. The van der Waals surface area contributed by atoms with E-state index in [1.165, 1.54) is 12.0 Å². The molecular weight excluding hydrogens is 242 g/mol. The zero-order valence-electron chi connectivity index (χ0n) is 12.2. The van der Waals surface area contributed by atoms with Gasteiger partial charge in [0.05, 0.1) is 13.2 Å². The van der Waals surface area contributed by atoms with Crippen LogP contribution in [0.5, 0.6) is 0 Å². The van der Waals surface area contributed by atoms with Crippen LogP contribution in [-0.4, -0.2) is 37.0 Å². The predicted octanol–water partition coefficient (Wildman–Crippen LogP) is 3.11. The van der Waals surface area contributed by atoms with Gasteiger partial charge in [-0.05, 0) is 12.5 Å². The van der Waals surface area contributed by atoms with E-state index in [4.69, 9.17) is 0 Å². The van der Waals surface area contributed by atoms with E-state index in [9.17, 15) is 9.59 Å². The van der Waals surface area contributed by atoms with Gasteiger partial charge in [-0.2, -0.15) is 0 Å². The average Bonchev–Trinajstić information content (AvgIpc) is 2.45. The van der Waals surface area contributed by atoms with E-state index >= 15 is 0 Å². The molecule has 106 valence electrons. The number of carbonyl (C=O) groups is 2. The van der Waals surface area contributed by atoms with Crippen molar-refractivity contribution in [3.8, 4) is 0 Å². The maximum Gasteiger partial charge on any atom is 0.409 e. The number of ether oxygens (including phenoxy) is 1. The number of methoxy groups -OCH3 is 1. The highest BCUT2D eigenvalue weighted by molar-refractivity contribution is 5.87. The van der Waals surface area contributed by atoms with Gasteiger partial charge in [-0.15, -0.1) is 0 Å². The number of amides is 1. The minimum absolute atomic E-state index is 0.00104. The minimum Gasteiger partial charge on any atom is -0.453 e. The van der Waals surface area contributed by atoms with Crippen LogP contribution < -0.4 is 0 Å². The Morgan fingerprint density at radius 3 is 2.47 bits per heavy atom. The topological polar surface area (TPSA) is 46.6 Å². The lowest BCUT2D eigenvalue weighted by molar-refractivity contribution is -0.123. The zero-order valence-corrected chi connectivity index (χ0v) is 12.2. The lowest BCUT2D eigenvalue weighted by Crippen LogP contribution is -2.42. The molecule has 0 radical (unpaired) electrons. The molecule has 0 aromatic rings. The normalized spacial score (nSPS) is 13.2. The highest BCUT2D eigenvalue weighted by Crippen LogP contribution is 2.15. The van der Waals surface area contributed by atoms with Crippen molar-refractivity contribution in [3.63, 3.8) is 0 Å². The van der Waals surface area contributed by atoms with Gasteiger partial charge in [0.1, 0.15) is 0 Å². The van der Waals surface area contributed by atoms with Gasteiger partial charge in [0, 0.05) is 19.9 Å². The number of hydrogen-bond donors (Lipinski definition) is 0. The minimum atomic E-state index is -0.521. The molecule has 1 amide bonds. The molecule has 0 unspecified atom stereocenters. The van der Waals surface area contributed by atoms with Crippen molar-refractivity contribution in [2.45, 2.75) is 32.7 Å². The molecule has 0 N–H and O–H groups in total. The molecule has 0 bridgehead atoms. The summed E-state index contributed by atoms with van der Waals surface area (Å²) in [5.41, 5.74) is 0.903. The van der Waals surface area contributed by atoms with E-state index in [0.29, 0.717) is 12.8 Å². The number of rotatable bonds is 7. The molecule has 0 aromatic carbocycles. The Hall–Kier alpha value is -1.84. The third kappa shape index (κ3) is 5.55. The average molecular weight is 265 g/mol. The fourth-order valence-corrected chi connectivity index (χ4v) is 1.64. The molecule has 0 saturated heterocycles. The molecule has 0 spiro atoms. The van der Waals surface area contributed by atoms with Crippen LogP contribution >= 0.6 is 0 Å². The maximum atomic E-state index is 12.0. The number of carbonyl (C=O) groups excluding carboxylic acids is 2. The van der Waals surface area contributed by atoms with E-state index in [1.807, 2.05) is 25.2 Å². The first-order valence-corrected chi connectivity index (χ1v) is 6.29. The van der Waals surface area contributed by atoms with Crippen molar-refractivity contribution < 1.29 is 14.3 Å². The SMILES string of the molecule is C=C/C(=C\C=C/C)C[C@@H](C(=O)CC)N(C)C(=O)OC. The van der Waals surface area contributed by atoms with Crippen LogP contribution in [0.25, 0.3) is 0 Å². The number of hydrogen-bond acceptors (Lipinski definition) is 3. The van der Waals surface area contributed by atoms with Crippen molar-refractivity contribution in [2.24, 2.45) is 0 Å². The van der Waals surface area contributed by atoms with Gasteiger partial charge in [0.2, 0.25) is 0 Å². The number of likely N-dealkylation sites (N-methyl/N-ethyl adjacent to an activating group) is 1. The van der Waals surface area contributed by atoms with Crippen LogP contribution in [-0.2, 0) is 9.53 Å². The summed E-state index contributed by atoms with van der Waals surface area (Å²) in [6.45, 7) is 7.42. The summed E-state index contributed by atoms with van der Waals surface area (Å²) in [5, 5.41) is 0. The van der Waals surface area contributed by atoms with Crippen LogP contribution in [0.1, 0.15) is 26.7 Å². The Morgan fingerprint density at radius 2 is 2.05 bits per heavy atom. The molecule has 1 atom stereocenters. The van der Waals surface area contributed by atoms with Crippen molar-refractivity contribution in [2.75, 3.05) is 14.2 Å². The molecule has 0 saturated carbocycles. The van der Waals surface area contributed by atoms with E-state index in [1.54, 1.807) is 20.0 Å². The fourth-order valence-electron chi connectivity index (χ4n) is 1.64. The van der Waals surface area contributed by atoms with Gasteiger partial charge < -0.3 is 9.64 Å². The Morgan fingerprint density at radius 1 is 1.42 bits per heavy atom. The van der Waals surface area contributed by atoms with E-state index in [0.717, 1.165) is 5.57 Å². The first-order chi connectivity index (χ1) is 9.01. The summed E-state index contributed by atoms with van der Waals surface area (Å²) in [5.74, 6) is 0.00104. The second kappa shape index (κ2) is 9.14. The van der Waals surface area contributed by atoms with Gasteiger partial charge in [0.25, 0.3) is 0 Å². The first kappa shape index (κ1) is 17.2. The lowest BCUT2D eigenvalue weighted by atomic mass is 9.99. The van der Waals surface area contributed by atoms with E-state index in [2.05, 4.69) is 11.3 Å². The molecule has 4 nitrogen and oxygen atoms in total. The van der Waals surface area contributed by atoms with Gasteiger partial charge in [-0.3, -0.25) is 4.79 Å². The quantitative estimate of drug-likeness (QED) is 0.664. The van der Waals surface area contributed by atoms with Crippen molar-refractivity contribution in [1.29, 1.82) is 0 Å². The molecule has 0 fully saturated rings. The summed E-state index contributed by atoms with van der Waals surface area (Å²) in [6, 6.07) is -0.521.